The minimum atomic E-state index is -0.0961. The van der Waals surface area contributed by atoms with Gasteiger partial charge in [-0.15, -0.1) is 0 Å². The highest BCUT2D eigenvalue weighted by Crippen LogP contribution is 2.34. The van der Waals surface area contributed by atoms with Crippen LogP contribution >= 0.6 is 23.2 Å². The Kier molecular flexibility index (Phi) is 3.05. The van der Waals surface area contributed by atoms with Gasteiger partial charge >= 0.3 is 0 Å². The molecule has 0 aliphatic rings. The fourth-order valence-corrected chi connectivity index (χ4v) is 2.73. The number of pyridine rings is 2. The van der Waals surface area contributed by atoms with Gasteiger partial charge in [-0.25, -0.2) is 0 Å². The Morgan fingerprint density at radius 1 is 0.789 bits per heavy atom. The SMILES string of the molecule is O=c1ccn2ccccc2c1-c1c(Cl)cccc1Cl. The van der Waals surface area contributed by atoms with Gasteiger partial charge < -0.3 is 4.40 Å². The molecule has 0 aliphatic heterocycles. The molecule has 0 radical (unpaired) electrons. The van der Waals surface area contributed by atoms with Crippen LogP contribution in [0.3, 0.4) is 0 Å². The van der Waals surface area contributed by atoms with Crippen LogP contribution in [0.4, 0.5) is 0 Å². The first-order chi connectivity index (χ1) is 9.18. The Morgan fingerprint density at radius 2 is 1.53 bits per heavy atom. The maximum absolute atomic E-state index is 12.2. The predicted octanol–water partition coefficient (Wildman–Crippen LogP) is 4.27. The van der Waals surface area contributed by atoms with Crippen molar-refractivity contribution in [3.05, 3.63) is 75.1 Å². The number of nitrogens with zero attached hydrogens (tertiary/aromatic N) is 1. The van der Waals surface area contributed by atoms with Crippen molar-refractivity contribution in [2.75, 3.05) is 0 Å². The van der Waals surface area contributed by atoms with Crippen LogP contribution in [0.1, 0.15) is 0 Å². The standard InChI is InChI=1S/C15H9Cl2NO/c16-10-4-3-5-11(17)14(10)15-12-6-1-2-8-18(12)9-7-13(15)19/h1-9H. The van der Waals surface area contributed by atoms with Gasteiger partial charge in [-0.3, -0.25) is 4.79 Å². The molecule has 0 atom stereocenters. The van der Waals surface area contributed by atoms with E-state index in [0.717, 1.165) is 5.52 Å². The highest BCUT2D eigenvalue weighted by atomic mass is 35.5. The van der Waals surface area contributed by atoms with Gasteiger partial charge in [-0.1, -0.05) is 35.3 Å². The van der Waals surface area contributed by atoms with Crippen LogP contribution in [0, 0.1) is 0 Å². The van der Waals surface area contributed by atoms with Gasteiger partial charge in [0.15, 0.2) is 5.43 Å². The zero-order valence-corrected chi connectivity index (χ0v) is 11.3. The van der Waals surface area contributed by atoms with Gasteiger partial charge in [0.05, 0.1) is 21.1 Å². The van der Waals surface area contributed by atoms with E-state index >= 15 is 0 Å². The summed E-state index contributed by atoms with van der Waals surface area (Å²) in [6.45, 7) is 0. The van der Waals surface area contributed by atoms with Crippen molar-refractivity contribution in [1.29, 1.82) is 0 Å². The maximum Gasteiger partial charge on any atom is 0.190 e. The zero-order chi connectivity index (χ0) is 13.4. The summed E-state index contributed by atoms with van der Waals surface area (Å²) in [6, 6.07) is 12.4. The Labute approximate surface area is 119 Å². The number of aromatic nitrogens is 1. The van der Waals surface area contributed by atoms with Gasteiger partial charge in [0, 0.05) is 24.0 Å². The van der Waals surface area contributed by atoms with Crippen LogP contribution in [-0.2, 0) is 0 Å². The smallest absolute Gasteiger partial charge is 0.190 e. The molecule has 0 amide bonds. The van der Waals surface area contributed by atoms with Gasteiger partial charge in [0.25, 0.3) is 0 Å². The van der Waals surface area contributed by atoms with Crippen molar-refractivity contribution in [1.82, 2.24) is 4.40 Å². The van der Waals surface area contributed by atoms with Crippen molar-refractivity contribution in [2.45, 2.75) is 0 Å². The number of fused-ring (bicyclic) bond motifs is 1. The molecule has 3 aromatic rings. The van der Waals surface area contributed by atoms with Gasteiger partial charge in [0.1, 0.15) is 0 Å². The summed E-state index contributed by atoms with van der Waals surface area (Å²) in [6.07, 6.45) is 3.61. The van der Waals surface area contributed by atoms with Crippen molar-refractivity contribution in [3.63, 3.8) is 0 Å². The van der Waals surface area contributed by atoms with E-state index in [-0.39, 0.29) is 5.43 Å². The lowest BCUT2D eigenvalue weighted by molar-refractivity contribution is 1.16. The van der Waals surface area contributed by atoms with Gasteiger partial charge in [0.2, 0.25) is 0 Å². The van der Waals surface area contributed by atoms with Crippen molar-refractivity contribution in [3.8, 4) is 11.1 Å². The largest absolute Gasteiger partial charge is 0.323 e. The third kappa shape index (κ3) is 2.03. The fraction of sp³-hybridized carbons (Fsp3) is 0. The summed E-state index contributed by atoms with van der Waals surface area (Å²) in [5.41, 5.74) is 1.80. The molecule has 0 aliphatic carbocycles. The Balaban J connectivity index is 2.49. The van der Waals surface area contributed by atoms with Crippen LogP contribution in [0.15, 0.2) is 59.7 Å². The van der Waals surface area contributed by atoms with Crippen LogP contribution in [0.2, 0.25) is 10.0 Å². The number of rotatable bonds is 1. The van der Waals surface area contributed by atoms with E-state index in [1.165, 1.54) is 6.07 Å². The number of hydrogen-bond acceptors (Lipinski definition) is 1. The molecule has 3 rings (SSSR count). The molecule has 0 fully saturated rings. The highest BCUT2D eigenvalue weighted by molar-refractivity contribution is 6.39. The van der Waals surface area contributed by atoms with E-state index in [0.29, 0.717) is 21.2 Å². The molecule has 1 aromatic carbocycles. The zero-order valence-electron chi connectivity index (χ0n) is 9.81. The third-order valence-corrected chi connectivity index (χ3v) is 3.62. The van der Waals surface area contributed by atoms with Crippen molar-refractivity contribution >= 4 is 28.7 Å². The summed E-state index contributed by atoms with van der Waals surface area (Å²) >= 11 is 12.4. The van der Waals surface area contributed by atoms with Crippen molar-refractivity contribution < 1.29 is 0 Å². The fourth-order valence-electron chi connectivity index (χ4n) is 2.14. The summed E-state index contributed by atoms with van der Waals surface area (Å²) in [5.74, 6) is 0. The molecule has 0 saturated heterocycles. The van der Waals surface area contributed by atoms with Gasteiger partial charge in [-0.05, 0) is 24.3 Å². The molecule has 19 heavy (non-hydrogen) atoms. The lowest BCUT2D eigenvalue weighted by Gasteiger charge is -2.10. The van der Waals surface area contributed by atoms with Crippen LogP contribution in [-0.4, -0.2) is 4.40 Å². The Bertz CT molecular complexity index is 803. The lowest BCUT2D eigenvalue weighted by Crippen LogP contribution is -2.07. The molecular weight excluding hydrogens is 281 g/mol. The third-order valence-electron chi connectivity index (χ3n) is 2.99. The normalized spacial score (nSPS) is 10.8. The van der Waals surface area contributed by atoms with E-state index in [4.69, 9.17) is 23.2 Å². The second kappa shape index (κ2) is 4.72. The molecule has 0 unspecified atom stereocenters. The number of halogens is 2. The minimum Gasteiger partial charge on any atom is -0.323 e. The van der Waals surface area contributed by atoms with Gasteiger partial charge in [-0.2, -0.15) is 0 Å². The summed E-state index contributed by atoms with van der Waals surface area (Å²) in [4.78, 5) is 12.2. The molecule has 2 heterocycles. The number of hydrogen-bond donors (Lipinski definition) is 0. The first-order valence-electron chi connectivity index (χ1n) is 5.73. The molecule has 4 heteroatoms. The van der Waals surface area contributed by atoms with E-state index in [1.807, 2.05) is 28.8 Å². The molecular formula is C15H9Cl2NO. The van der Waals surface area contributed by atoms with Crippen molar-refractivity contribution in [2.24, 2.45) is 0 Å². The molecule has 0 N–H and O–H groups in total. The Hall–Kier alpha value is -1.77. The molecule has 0 bridgehead atoms. The second-order valence-electron chi connectivity index (χ2n) is 4.14. The summed E-state index contributed by atoms with van der Waals surface area (Å²) in [5, 5.41) is 0.947. The monoisotopic (exact) mass is 289 g/mol. The quantitative estimate of drug-likeness (QED) is 0.655. The second-order valence-corrected chi connectivity index (χ2v) is 4.96. The first kappa shape index (κ1) is 12.3. The average molecular weight is 290 g/mol. The highest BCUT2D eigenvalue weighted by Gasteiger charge is 2.14. The molecule has 94 valence electrons. The van der Waals surface area contributed by atoms with E-state index < -0.39 is 0 Å². The van der Waals surface area contributed by atoms with Crippen LogP contribution in [0.25, 0.3) is 16.6 Å². The van der Waals surface area contributed by atoms with E-state index in [2.05, 4.69) is 0 Å². The predicted molar refractivity (Wildman–Crippen MR) is 79.1 cm³/mol. The molecule has 0 saturated carbocycles. The molecule has 0 spiro atoms. The van der Waals surface area contributed by atoms with Crippen LogP contribution < -0.4 is 5.43 Å². The average Bonchev–Trinajstić information content (AvgIpc) is 2.41. The Morgan fingerprint density at radius 3 is 2.26 bits per heavy atom. The lowest BCUT2D eigenvalue weighted by atomic mass is 10.0. The maximum atomic E-state index is 12.2. The minimum absolute atomic E-state index is 0.0961. The molecule has 2 nitrogen and oxygen atoms in total. The number of benzene rings is 1. The topological polar surface area (TPSA) is 21.5 Å². The summed E-state index contributed by atoms with van der Waals surface area (Å²) < 4.78 is 1.87. The first-order valence-corrected chi connectivity index (χ1v) is 6.48. The van der Waals surface area contributed by atoms with E-state index in [9.17, 15) is 4.79 Å². The van der Waals surface area contributed by atoms with Crippen LogP contribution in [0.5, 0.6) is 0 Å². The molecule has 2 aromatic heterocycles. The van der Waals surface area contributed by atoms with E-state index in [1.54, 1.807) is 24.4 Å². The summed E-state index contributed by atoms with van der Waals surface area (Å²) in [7, 11) is 0.